The molecule has 0 aromatic heterocycles. The topological polar surface area (TPSA) is 27.7 Å². The summed E-state index contributed by atoms with van der Waals surface area (Å²) in [4.78, 5) is 0. The van der Waals surface area contributed by atoms with E-state index < -0.39 is 11.6 Å². The monoisotopic (exact) mass is 337 g/mol. The highest BCUT2D eigenvalue weighted by molar-refractivity contribution is 5.69. The largest absolute Gasteiger partial charge is 0.381 e. The lowest BCUT2D eigenvalue weighted by molar-refractivity contribution is 0.0233. The van der Waals surface area contributed by atoms with E-state index in [2.05, 4.69) is 15.3 Å². The Bertz CT molecular complexity index is 608. The first-order valence-corrected chi connectivity index (χ1v) is 8.52. The predicted octanol–water partition coefficient (Wildman–Crippen LogP) is 2.97. The van der Waals surface area contributed by atoms with Gasteiger partial charge < -0.3 is 9.75 Å². The highest BCUT2D eigenvalue weighted by Crippen LogP contribution is 2.34. The molecule has 2 heterocycles. The fourth-order valence-electron chi connectivity index (χ4n) is 3.68. The number of ether oxygens (including phenoxy) is 1. The van der Waals surface area contributed by atoms with Gasteiger partial charge in [0.25, 0.3) is 0 Å². The van der Waals surface area contributed by atoms with Crippen molar-refractivity contribution in [3.05, 3.63) is 41.0 Å². The molecule has 0 radical (unpaired) electrons. The predicted molar refractivity (Wildman–Crippen MR) is 89.9 cm³/mol. The molecule has 24 heavy (non-hydrogen) atoms. The molecule has 0 aliphatic carbocycles. The maximum atomic E-state index is 13.7. The fourth-order valence-corrected chi connectivity index (χ4v) is 3.68. The molecule has 1 aromatic carbocycles. The molecule has 1 N–H and O–H groups in total. The lowest BCUT2D eigenvalue weighted by Gasteiger charge is -2.35. The third-order valence-corrected chi connectivity index (χ3v) is 4.85. The molecule has 1 unspecified atom stereocenters. The van der Waals surface area contributed by atoms with Crippen LogP contribution in [0.3, 0.4) is 0 Å². The van der Waals surface area contributed by atoms with Crippen molar-refractivity contribution in [1.82, 2.24) is 15.3 Å². The number of hydrogen-bond acceptors (Lipinski definition) is 4. The summed E-state index contributed by atoms with van der Waals surface area (Å²) in [5.74, 6) is -1.10. The molecule has 2 aliphatic heterocycles. The minimum absolute atomic E-state index is 0.0226. The Labute approximate surface area is 142 Å². The van der Waals surface area contributed by atoms with E-state index in [0.717, 1.165) is 49.9 Å². The van der Waals surface area contributed by atoms with Gasteiger partial charge in [-0.3, -0.25) is 5.32 Å². The zero-order chi connectivity index (χ0) is 17.3. The Morgan fingerprint density at radius 1 is 1.17 bits per heavy atom. The second-order valence-electron chi connectivity index (χ2n) is 6.44. The normalized spacial score (nSPS) is 23.4. The average molecular weight is 337 g/mol. The Morgan fingerprint density at radius 3 is 2.38 bits per heavy atom. The molecule has 1 aromatic rings. The highest BCUT2D eigenvalue weighted by atomic mass is 19.1. The summed E-state index contributed by atoms with van der Waals surface area (Å²) in [5, 5.41) is 7.85. The van der Waals surface area contributed by atoms with E-state index in [4.69, 9.17) is 4.74 Å². The van der Waals surface area contributed by atoms with E-state index >= 15 is 0 Å². The number of benzene rings is 1. The van der Waals surface area contributed by atoms with E-state index in [-0.39, 0.29) is 6.17 Å². The molecule has 1 atom stereocenters. The van der Waals surface area contributed by atoms with Crippen LogP contribution in [0.2, 0.25) is 0 Å². The third-order valence-electron chi connectivity index (χ3n) is 4.85. The highest BCUT2D eigenvalue weighted by Gasteiger charge is 2.35. The lowest BCUT2D eigenvalue weighted by atomic mass is 10.0. The molecule has 6 heteroatoms. The van der Waals surface area contributed by atoms with Gasteiger partial charge in [-0.05, 0) is 44.4 Å². The van der Waals surface area contributed by atoms with Gasteiger partial charge in [-0.25, -0.2) is 13.8 Å². The quantitative estimate of drug-likeness (QED) is 0.914. The van der Waals surface area contributed by atoms with Crippen molar-refractivity contribution in [3.8, 4) is 0 Å². The average Bonchev–Trinajstić information content (AvgIpc) is 2.79. The molecule has 3 rings (SSSR count). The summed E-state index contributed by atoms with van der Waals surface area (Å²) in [6, 6.07) is 4.10. The van der Waals surface area contributed by atoms with Crippen molar-refractivity contribution in [1.29, 1.82) is 0 Å². The number of nitrogens with zero attached hydrogens (tertiary/aromatic N) is 2. The van der Waals surface area contributed by atoms with Crippen LogP contribution in [0.1, 0.15) is 32.3 Å². The van der Waals surface area contributed by atoms with Crippen LogP contribution in [0.25, 0.3) is 5.70 Å². The number of halogens is 2. The Balaban J connectivity index is 1.92. The third kappa shape index (κ3) is 3.31. The molecule has 1 fully saturated rings. The minimum atomic E-state index is -0.551. The van der Waals surface area contributed by atoms with Gasteiger partial charge in [-0.1, -0.05) is 0 Å². The second-order valence-corrected chi connectivity index (χ2v) is 6.44. The summed E-state index contributed by atoms with van der Waals surface area (Å²) in [7, 11) is 2.01. The van der Waals surface area contributed by atoms with E-state index in [0.29, 0.717) is 11.6 Å². The molecule has 132 valence electrons. The number of likely N-dealkylation sites (N-methyl/N-ethyl adjacent to an activating group) is 1. The molecule has 1 saturated heterocycles. The van der Waals surface area contributed by atoms with Crippen LogP contribution in [0, 0.1) is 11.6 Å². The minimum Gasteiger partial charge on any atom is -0.381 e. The first-order chi connectivity index (χ1) is 11.5. The molecule has 0 bridgehead atoms. The van der Waals surface area contributed by atoms with E-state index in [1.54, 1.807) is 0 Å². The van der Waals surface area contributed by atoms with Crippen LogP contribution in [0.5, 0.6) is 0 Å². The molecule has 0 saturated carbocycles. The van der Waals surface area contributed by atoms with Gasteiger partial charge in [-0.15, -0.1) is 0 Å². The van der Waals surface area contributed by atoms with E-state index in [1.807, 2.05) is 20.9 Å². The van der Waals surface area contributed by atoms with Crippen molar-refractivity contribution in [3.63, 3.8) is 0 Å². The SMILES string of the molecule is CCN1C(c2cc(F)cc(F)c2)=C(C)C(NC2CCOCC2)N1C. The standard InChI is InChI=1S/C18H25F2N3O/c1-4-23-17(13-9-14(19)11-15(20)10-13)12(2)18(22(23)3)21-16-5-7-24-8-6-16/h9-11,16,18,21H,4-8H2,1-3H3. The molecule has 2 aliphatic rings. The van der Waals surface area contributed by atoms with Gasteiger partial charge in [0.15, 0.2) is 0 Å². The van der Waals surface area contributed by atoms with Crippen LogP contribution >= 0.6 is 0 Å². The van der Waals surface area contributed by atoms with Gasteiger partial charge in [0.05, 0.1) is 5.70 Å². The number of hydrazine groups is 1. The van der Waals surface area contributed by atoms with Crippen LogP contribution in [0.15, 0.2) is 23.8 Å². The van der Waals surface area contributed by atoms with Crippen molar-refractivity contribution in [2.24, 2.45) is 0 Å². The van der Waals surface area contributed by atoms with Crippen LogP contribution in [0.4, 0.5) is 8.78 Å². The molecular weight excluding hydrogens is 312 g/mol. The van der Waals surface area contributed by atoms with Gasteiger partial charge >= 0.3 is 0 Å². The molecular formula is C18H25F2N3O. The Kier molecular flexibility index (Phi) is 5.18. The second kappa shape index (κ2) is 7.17. The summed E-state index contributed by atoms with van der Waals surface area (Å²) >= 11 is 0. The molecule has 0 amide bonds. The van der Waals surface area contributed by atoms with E-state index in [1.165, 1.54) is 12.1 Å². The maximum absolute atomic E-state index is 13.7. The zero-order valence-corrected chi connectivity index (χ0v) is 14.5. The summed E-state index contributed by atoms with van der Waals surface area (Å²) in [6.45, 7) is 6.34. The van der Waals surface area contributed by atoms with Gasteiger partial charge in [-0.2, -0.15) is 0 Å². The van der Waals surface area contributed by atoms with Crippen molar-refractivity contribution >= 4 is 5.70 Å². The van der Waals surface area contributed by atoms with E-state index in [9.17, 15) is 8.78 Å². The van der Waals surface area contributed by atoms with Crippen molar-refractivity contribution < 1.29 is 13.5 Å². The summed E-state index contributed by atoms with van der Waals surface area (Å²) in [5.41, 5.74) is 2.54. The van der Waals surface area contributed by atoms with Crippen molar-refractivity contribution in [2.75, 3.05) is 26.8 Å². The lowest BCUT2D eigenvalue weighted by Crippen LogP contribution is -2.51. The van der Waals surface area contributed by atoms with Gasteiger partial charge in [0.2, 0.25) is 0 Å². The number of hydrogen-bond donors (Lipinski definition) is 1. The van der Waals surface area contributed by atoms with Crippen LogP contribution in [-0.2, 0) is 4.74 Å². The van der Waals surface area contributed by atoms with Gasteiger partial charge in [0.1, 0.15) is 17.8 Å². The first-order valence-electron chi connectivity index (χ1n) is 8.52. The smallest absolute Gasteiger partial charge is 0.126 e. The summed E-state index contributed by atoms with van der Waals surface area (Å²) < 4.78 is 32.8. The van der Waals surface area contributed by atoms with Crippen LogP contribution < -0.4 is 5.32 Å². The van der Waals surface area contributed by atoms with Gasteiger partial charge in [0, 0.05) is 44.5 Å². The number of rotatable bonds is 4. The molecule has 0 spiro atoms. The Hall–Kier alpha value is -1.50. The van der Waals surface area contributed by atoms with Crippen LogP contribution in [-0.4, -0.2) is 49.0 Å². The first kappa shape index (κ1) is 17.3. The fraction of sp³-hybridized carbons (Fsp3) is 0.556. The molecule has 4 nitrogen and oxygen atoms in total. The summed E-state index contributed by atoms with van der Waals surface area (Å²) in [6.07, 6.45) is 1.98. The maximum Gasteiger partial charge on any atom is 0.126 e. The zero-order valence-electron chi connectivity index (χ0n) is 14.5. The Morgan fingerprint density at radius 2 is 1.79 bits per heavy atom. The number of nitrogens with one attached hydrogen (secondary N) is 1. The van der Waals surface area contributed by atoms with Crippen molar-refractivity contribution in [2.45, 2.75) is 38.9 Å².